The Labute approximate surface area is 205 Å². The number of ether oxygens (including phenoxy) is 4. The van der Waals surface area contributed by atoms with E-state index in [1.165, 1.54) is 13.0 Å². The normalized spacial score (nSPS) is 48.7. The predicted octanol–water partition coefficient (Wildman–Crippen LogP) is 3.99. The van der Waals surface area contributed by atoms with Crippen molar-refractivity contribution >= 4 is 17.5 Å². The van der Waals surface area contributed by atoms with Gasteiger partial charge in [-0.15, -0.1) is 0 Å². The molecule has 0 bridgehead atoms. The van der Waals surface area contributed by atoms with Crippen LogP contribution in [0.5, 0.6) is 0 Å². The van der Waals surface area contributed by atoms with Gasteiger partial charge >= 0.3 is 5.97 Å². The van der Waals surface area contributed by atoms with Gasteiger partial charge in [0.15, 0.2) is 17.2 Å². The summed E-state index contributed by atoms with van der Waals surface area (Å²) in [7, 11) is 0. The number of esters is 1. The minimum absolute atomic E-state index is 0.105. The summed E-state index contributed by atoms with van der Waals surface area (Å²) in [5.74, 6) is -3.07. The zero-order valence-electron chi connectivity index (χ0n) is 21.1. The smallest absolute Gasteiger partial charge is 0.303 e. The van der Waals surface area contributed by atoms with Gasteiger partial charge in [0.2, 0.25) is 0 Å². The minimum Gasteiger partial charge on any atom is -0.459 e. The first-order chi connectivity index (χ1) is 16.4. The number of carbonyl (C=O) groups is 3. The van der Waals surface area contributed by atoms with Gasteiger partial charge in [-0.25, -0.2) is 4.39 Å². The summed E-state index contributed by atoms with van der Waals surface area (Å²) >= 11 is 0. The number of carbonyl (C=O) groups excluding carboxylic acids is 3. The molecule has 0 aromatic heterocycles. The standard InChI is InChI=1S/C27H35FO7/c1-6-32-25(5)33-15-21(31)27(35-25)22(34-16(2)29)14-20-19-8-7-17-13-18(30)9-10-23(17,3)26(19,28)12-11-24(20,27)4/h9-10,13,19-20,22H,6-8,11-12,14-15H2,1-5H3/t19-,20-,22+,23-,24-,25?,26+,27+/m0/s1. The molecule has 0 amide bonds. The van der Waals surface area contributed by atoms with Gasteiger partial charge in [-0.3, -0.25) is 14.4 Å². The molecule has 1 saturated heterocycles. The molecule has 8 heteroatoms. The average molecular weight is 491 g/mol. The van der Waals surface area contributed by atoms with Gasteiger partial charge in [0.1, 0.15) is 18.4 Å². The first-order valence-corrected chi connectivity index (χ1v) is 12.7. The Morgan fingerprint density at radius 3 is 2.63 bits per heavy atom. The fourth-order valence-corrected chi connectivity index (χ4v) is 8.10. The summed E-state index contributed by atoms with van der Waals surface area (Å²) in [5.41, 5.74) is -3.94. The third-order valence-corrected chi connectivity index (χ3v) is 9.76. The van der Waals surface area contributed by atoms with E-state index in [4.69, 9.17) is 18.9 Å². The average Bonchev–Trinajstić information content (AvgIpc) is 3.01. The van der Waals surface area contributed by atoms with E-state index in [0.717, 1.165) is 5.57 Å². The molecular weight excluding hydrogens is 455 g/mol. The fourth-order valence-electron chi connectivity index (χ4n) is 8.10. The second-order valence-corrected chi connectivity index (χ2v) is 11.3. The maximum Gasteiger partial charge on any atom is 0.303 e. The van der Waals surface area contributed by atoms with Crippen LogP contribution in [0.25, 0.3) is 0 Å². The van der Waals surface area contributed by atoms with Crippen LogP contribution < -0.4 is 0 Å². The van der Waals surface area contributed by atoms with Crippen molar-refractivity contribution in [2.24, 2.45) is 22.7 Å². The molecule has 1 aliphatic heterocycles. The summed E-state index contributed by atoms with van der Waals surface area (Å²) in [4.78, 5) is 37.9. The predicted molar refractivity (Wildman–Crippen MR) is 123 cm³/mol. The highest BCUT2D eigenvalue weighted by Crippen LogP contribution is 2.71. The minimum atomic E-state index is -1.60. The number of Topliss-reactive ketones (excluding diaryl/α,β-unsaturated/α-hetero) is 1. The number of allylic oxidation sites excluding steroid dienone is 4. The van der Waals surface area contributed by atoms with Gasteiger partial charge in [0, 0.05) is 31.3 Å². The van der Waals surface area contributed by atoms with Crippen LogP contribution in [0.1, 0.15) is 66.7 Å². The molecule has 8 atom stereocenters. The molecule has 0 aromatic carbocycles. The number of fused-ring (bicyclic) bond motifs is 6. The number of halogens is 1. The zero-order valence-corrected chi connectivity index (χ0v) is 21.1. The third kappa shape index (κ3) is 3.15. The SMILES string of the molecule is CCOC1(C)OCC(=O)[C@@]2(O1)[C@H](OC(C)=O)C[C@H]1[C@@H]3CCC4=CC(=O)C=C[C@]4(C)[C@@]3(F)CC[C@@]12C. The van der Waals surface area contributed by atoms with Crippen molar-refractivity contribution in [3.05, 3.63) is 23.8 Å². The molecule has 5 rings (SSSR count). The third-order valence-electron chi connectivity index (χ3n) is 9.76. The van der Waals surface area contributed by atoms with Crippen molar-refractivity contribution in [1.29, 1.82) is 0 Å². The second-order valence-electron chi connectivity index (χ2n) is 11.3. The molecule has 4 fully saturated rings. The molecule has 3 saturated carbocycles. The van der Waals surface area contributed by atoms with Crippen LogP contribution in [-0.2, 0) is 33.3 Å². The van der Waals surface area contributed by atoms with Crippen LogP contribution in [0, 0.1) is 22.7 Å². The van der Waals surface area contributed by atoms with Crippen molar-refractivity contribution < 1.29 is 37.7 Å². The fraction of sp³-hybridized carbons (Fsp3) is 0.741. The van der Waals surface area contributed by atoms with E-state index >= 15 is 4.39 Å². The summed E-state index contributed by atoms with van der Waals surface area (Å²) < 4.78 is 40.9. The van der Waals surface area contributed by atoms with Crippen LogP contribution in [0.2, 0.25) is 0 Å². The molecule has 1 spiro atoms. The van der Waals surface area contributed by atoms with Gasteiger partial charge < -0.3 is 18.9 Å². The Kier molecular flexibility index (Phi) is 5.52. The van der Waals surface area contributed by atoms with E-state index in [-0.39, 0.29) is 30.5 Å². The van der Waals surface area contributed by atoms with E-state index in [1.54, 1.807) is 26.0 Å². The molecule has 35 heavy (non-hydrogen) atoms. The Hall–Kier alpha value is -1.90. The van der Waals surface area contributed by atoms with Crippen LogP contribution in [0.4, 0.5) is 4.39 Å². The molecule has 0 radical (unpaired) electrons. The Morgan fingerprint density at radius 1 is 1.20 bits per heavy atom. The number of ketones is 2. The van der Waals surface area contributed by atoms with Crippen LogP contribution >= 0.6 is 0 Å². The van der Waals surface area contributed by atoms with Crippen molar-refractivity contribution in [3.63, 3.8) is 0 Å². The highest BCUT2D eigenvalue weighted by molar-refractivity contribution is 6.01. The first-order valence-electron chi connectivity index (χ1n) is 12.7. The van der Waals surface area contributed by atoms with Crippen LogP contribution in [0.3, 0.4) is 0 Å². The number of hydrogen-bond donors (Lipinski definition) is 0. The highest BCUT2D eigenvalue weighted by Gasteiger charge is 2.77. The Balaban J connectivity index is 1.61. The lowest BCUT2D eigenvalue weighted by Gasteiger charge is -2.62. The lowest BCUT2D eigenvalue weighted by molar-refractivity contribution is -0.427. The van der Waals surface area contributed by atoms with E-state index in [0.29, 0.717) is 32.3 Å². The summed E-state index contributed by atoms with van der Waals surface area (Å²) in [6.07, 6.45) is 5.95. The van der Waals surface area contributed by atoms with Crippen molar-refractivity contribution in [1.82, 2.24) is 0 Å². The molecule has 1 unspecified atom stereocenters. The second kappa shape index (κ2) is 7.80. The summed E-state index contributed by atoms with van der Waals surface area (Å²) in [6.45, 7) is 8.66. The maximum atomic E-state index is 17.3. The van der Waals surface area contributed by atoms with E-state index in [1.807, 2.05) is 13.8 Å². The molecule has 192 valence electrons. The molecule has 0 aromatic rings. The van der Waals surface area contributed by atoms with Crippen molar-refractivity contribution in [2.45, 2.75) is 90.1 Å². The molecular formula is C27H35FO7. The van der Waals surface area contributed by atoms with E-state index in [9.17, 15) is 14.4 Å². The number of alkyl halides is 1. The van der Waals surface area contributed by atoms with E-state index < -0.39 is 46.1 Å². The number of hydrogen-bond acceptors (Lipinski definition) is 7. The van der Waals surface area contributed by atoms with Gasteiger partial charge in [-0.05, 0) is 69.9 Å². The number of rotatable bonds is 3. The first kappa shape index (κ1) is 24.8. The van der Waals surface area contributed by atoms with E-state index in [2.05, 4.69) is 0 Å². The Morgan fingerprint density at radius 2 is 1.94 bits per heavy atom. The highest BCUT2D eigenvalue weighted by atomic mass is 19.1. The summed E-state index contributed by atoms with van der Waals surface area (Å²) in [5, 5.41) is 0. The van der Waals surface area contributed by atoms with Crippen molar-refractivity contribution in [3.8, 4) is 0 Å². The largest absolute Gasteiger partial charge is 0.459 e. The molecule has 4 aliphatic carbocycles. The van der Waals surface area contributed by atoms with Crippen LogP contribution in [-0.4, -0.2) is 54.1 Å². The molecule has 5 aliphatic rings. The topological polar surface area (TPSA) is 88.1 Å². The van der Waals surface area contributed by atoms with Crippen molar-refractivity contribution in [2.75, 3.05) is 13.2 Å². The zero-order chi connectivity index (χ0) is 25.4. The molecule has 1 heterocycles. The Bertz CT molecular complexity index is 1040. The van der Waals surface area contributed by atoms with Gasteiger partial charge in [0.05, 0.1) is 0 Å². The lowest BCUT2D eigenvalue weighted by atomic mass is 9.45. The van der Waals surface area contributed by atoms with Crippen LogP contribution in [0.15, 0.2) is 23.8 Å². The summed E-state index contributed by atoms with van der Waals surface area (Å²) in [6, 6.07) is 0. The lowest BCUT2D eigenvalue weighted by Crippen LogP contribution is -2.70. The van der Waals surface area contributed by atoms with Gasteiger partial charge in [0.25, 0.3) is 5.97 Å². The maximum absolute atomic E-state index is 17.3. The quantitative estimate of drug-likeness (QED) is 0.553. The molecule has 7 nitrogen and oxygen atoms in total. The van der Waals surface area contributed by atoms with Gasteiger partial charge in [-0.1, -0.05) is 18.6 Å². The monoisotopic (exact) mass is 490 g/mol. The van der Waals surface area contributed by atoms with Gasteiger partial charge in [-0.2, -0.15) is 0 Å². The molecule has 0 N–H and O–H groups in total.